The standard InChI is InChI=1S/C28H33N5O3/c1-4-25(31(16-8-15-29)27(34)22-11-13-24(36-3)14-12-22)26-18-23-17-20(2)30-33(23)28(35)32(26)19-21-9-6-5-7-10-21/h5-7,9-14,17-18,25H,4,8,15-16,19,29H2,1-3H3. The molecule has 0 aliphatic heterocycles. The number of amides is 1. The number of rotatable bonds is 10. The number of methoxy groups -OCH3 is 1. The number of nitrogens with zero attached hydrogens (tertiary/aromatic N) is 4. The summed E-state index contributed by atoms with van der Waals surface area (Å²) in [6, 6.07) is 20.5. The van der Waals surface area contributed by atoms with Gasteiger partial charge in [-0.05, 0) is 68.3 Å². The van der Waals surface area contributed by atoms with Crippen LogP contribution in [0.3, 0.4) is 0 Å². The summed E-state index contributed by atoms with van der Waals surface area (Å²) in [6.45, 7) is 5.21. The Labute approximate surface area is 210 Å². The van der Waals surface area contributed by atoms with Gasteiger partial charge in [-0.15, -0.1) is 0 Å². The topological polar surface area (TPSA) is 94.9 Å². The minimum atomic E-state index is -0.331. The first-order valence-corrected chi connectivity index (χ1v) is 12.3. The van der Waals surface area contributed by atoms with Crippen molar-refractivity contribution in [2.75, 3.05) is 20.2 Å². The third kappa shape index (κ3) is 5.18. The number of hydrogen-bond acceptors (Lipinski definition) is 5. The quantitative estimate of drug-likeness (QED) is 0.367. The maximum Gasteiger partial charge on any atom is 0.349 e. The molecule has 0 saturated heterocycles. The molecule has 0 spiro atoms. The summed E-state index contributed by atoms with van der Waals surface area (Å²) in [5, 5.41) is 4.41. The van der Waals surface area contributed by atoms with E-state index in [0.717, 1.165) is 17.0 Å². The third-order valence-corrected chi connectivity index (χ3v) is 6.37. The van der Waals surface area contributed by atoms with Crippen molar-refractivity contribution in [1.82, 2.24) is 19.1 Å². The van der Waals surface area contributed by atoms with E-state index < -0.39 is 0 Å². The number of nitrogens with two attached hydrogens (primary N) is 1. The van der Waals surface area contributed by atoms with E-state index in [-0.39, 0.29) is 17.6 Å². The number of benzene rings is 2. The maximum atomic E-state index is 13.8. The van der Waals surface area contributed by atoms with Crippen molar-refractivity contribution in [2.24, 2.45) is 5.73 Å². The van der Waals surface area contributed by atoms with Crippen LogP contribution in [-0.4, -0.2) is 45.2 Å². The van der Waals surface area contributed by atoms with E-state index in [9.17, 15) is 9.59 Å². The van der Waals surface area contributed by atoms with Gasteiger partial charge in [0.25, 0.3) is 5.91 Å². The van der Waals surface area contributed by atoms with Gasteiger partial charge in [-0.2, -0.15) is 9.61 Å². The van der Waals surface area contributed by atoms with Crippen molar-refractivity contribution in [3.05, 3.63) is 99.7 Å². The summed E-state index contributed by atoms with van der Waals surface area (Å²) >= 11 is 0. The average molecular weight is 488 g/mol. The number of ether oxygens (including phenoxy) is 1. The lowest BCUT2D eigenvalue weighted by atomic mass is 10.0. The molecule has 4 aromatic rings. The average Bonchev–Trinajstić information content (AvgIpc) is 3.29. The van der Waals surface area contributed by atoms with Crippen LogP contribution in [0.4, 0.5) is 0 Å². The first kappa shape index (κ1) is 25.2. The first-order valence-electron chi connectivity index (χ1n) is 12.3. The van der Waals surface area contributed by atoms with Crippen LogP contribution in [-0.2, 0) is 6.54 Å². The fourth-order valence-electron chi connectivity index (χ4n) is 4.58. The summed E-state index contributed by atoms with van der Waals surface area (Å²) in [5.41, 5.74) is 9.42. The zero-order valence-electron chi connectivity index (χ0n) is 21.1. The van der Waals surface area contributed by atoms with Crippen LogP contribution >= 0.6 is 0 Å². The molecule has 2 aromatic heterocycles. The Morgan fingerprint density at radius 1 is 1.11 bits per heavy atom. The Kier molecular flexibility index (Phi) is 7.85. The molecule has 0 bridgehead atoms. The SMILES string of the molecule is CCC(c1cc2cc(C)nn2c(=O)n1Cc1ccccc1)N(CCCN)C(=O)c1ccc(OC)cc1. The number of hydrogen-bond donors (Lipinski definition) is 1. The molecule has 188 valence electrons. The first-order chi connectivity index (χ1) is 17.5. The molecule has 2 N–H and O–H groups in total. The molecule has 0 radical (unpaired) electrons. The fraction of sp³-hybridized carbons (Fsp3) is 0.321. The highest BCUT2D eigenvalue weighted by molar-refractivity contribution is 5.94. The molecule has 0 saturated carbocycles. The Bertz CT molecular complexity index is 1380. The van der Waals surface area contributed by atoms with Crippen LogP contribution in [0.2, 0.25) is 0 Å². The molecule has 1 amide bonds. The van der Waals surface area contributed by atoms with Gasteiger partial charge in [0.05, 0.1) is 30.9 Å². The predicted molar refractivity (Wildman–Crippen MR) is 140 cm³/mol. The molecule has 1 atom stereocenters. The Hall–Kier alpha value is -3.91. The second-order valence-corrected chi connectivity index (χ2v) is 8.84. The number of carbonyl (C=O) groups excluding carboxylic acids is 1. The van der Waals surface area contributed by atoms with Crippen molar-refractivity contribution in [2.45, 2.75) is 39.3 Å². The molecule has 8 heteroatoms. The molecular formula is C28H33N5O3. The second kappa shape index (κ2) is 11.2. The van der Waals surface area contributed by atoms with E-state index in [0.29, 0.717) is 49.3 Å². The predicted octanol–water partition coefficient (Wildman–Crippen LogP) is 3.80. The summed E-state index contributed by atoms with van der Waals surface area (Å²) in [4.78, 5) is 29.3. The Morgan fingerprint density at radius 2 is 1.83 bits per heavy atom. The molecule has 0 aliphatic rings. The van der Waals surface area contributed by atoms with Crippen LogP contribution in [0.5, 0.6) is 5.75 Å². The minimum absolute atomic E-state index is 0.110. The van der Waals surface area contributed by atoms with Gasteiger partial charge in [0.2, 0.25) is 0 Å². The van der Waals surface area contributed by atoms with Crippen LogP contribution < -0.4 is 16.2 Å². The third-order valence-electron chi connectivity index (χ3n) is 6.37. The molecule has 4 rings (SSSR count). The van der Waals surface area contributed by atoms with Gasteiger partial charge in [-0.25, -0.2) is 4.79 Å². The van der Waals surface area contributed by atoms with E-state index in [4.69, 9.17) is 10.5 Å². The van der Waals surface area contributed by atoms with E-state index in [1.165, 1.54) is 4.52 Å². The van der Waals surface area contributed by atoms with Crippen LogP contribution in [0.25, 0.3) is 5.52 Å². The molecule has 2 heterocycles. The molecule has 2 aromatic carbocycles. The monoisotopic (exact) mass is 487 g/mol. The number of carbonyl (C=O) groups is 1. The highest BCUT2D eigenvalue weighted by Gasteiger charge is 2.28. The molecule has 0 fully saturated rings. The summed E-state index contributed by atoms with van der Waals surface area (Å²) < 4.78 is 8.42. The highest BCUT2D eigenvalue weighted by atomic mass is 16.5. The fourth-order valence-corrected chi connectivity index (χ4v) is 4.58. The lowest BCUT2D eigenvalue weighted by molar-refractivity contribution is 0.0660. The van der Waals surface area contributed by atoms with E-state index in [1.807, 2.05) is 61.2 Å². The second-order valence-electron chi connectivity index (χ2n) is 8.84. The molecule has 36 heavy (non-hydrogen) atoms. The van der Waals surface area contributed by atoms with Crippen LogP contribution in [0.15, 0.2) is 71.5 Å². The highest BCUT2D eigenvalue weighted by Crippen LogP contribution is 2.28. The lowest BCUT2D eigenvalue weighted by Crippen LogP contribution is -2.40. The van der Waals surface area contributed by atoms with E-state index >= 15 is 0 Å². The molecule has 8 nitrogen and oxygen atoms in total. The zero-order chi connectivity index (χ0) is 25.7. The molecule has 0 aliphatic carbocycles. The van der Waals surface area contributed by atoms with Crippen molar-refractivity contribution in [1.29, 1.82) is 0 Å². The molecular weight excluding hydrogens is 454 g/mol. The summed E-state index contributed by atoms with van der Waals surface area (Å²) in [6.07, 6.45) is 1.28. The van der Waals surface area contributed by atoms with Crippen molar-refractivity contribution in [3.63, 3.8) is 0 Å². The lowest BCUT2D eigenvalue weighted by Gasteiger charge is -2.33. The number of aryl methyl sites for hydroxylation is 1. The largest absolute Gasteiger partial charge is 0.497 e. The van der Waals surface area contributed by atoms with Crippen molar-refractivity contribution in [3.8, 4) is 5.75 Å². The minimum Gasteiger partial charge on any atom is -0.497 e. The van der Waals surface area contributed by atoms with Gasteiger partial charge >= 0.3 is 5.69 Å². The summed E-state index contributed by atoms with van der Waals surface area (Å²) in [5.74, 6) is 0.576. The van der Waals surface area contributed by atoms with Gasteiger partial charge in [0, 0.05) is 17.8 Å². The van der Waals surface area contributed by atoms with Crippen LogP contribution in [0.1, 0.15) is 53.1 Å². The van der Waals surface area contributed by atoms with Gasteiger partial charge in [-0.1, -0.05) is 37.3 Å². The number of aromatic nitrogens is 3. The maximum absolute atomic E-state index is 13.8. The van der Waals surface area contributed by atoms with Crippen molar-refractivity contribution < 1.29 is 9.53 Å². The smallest absolute Gasteiger partial charge is 0.349 e. The summed E-state index contributed by atoms with van der Waals surface area (Å²) in [7, 11) is 1.60. The van der Waals surface area contributed by atoms with Gasteiger partial charge in [0.15, 0.2) is 0 Å². The van der Waals surface area contributed by atoms with Gasteiger partial charge in [0.1, 0.15) is 5.75 Å². The van der Waals surface area contributed by atoms with Crippen LogP contribution in [0, 0.1) is 6.92 Å². The van der Waals surface area contributed by atoms with Gasteiger partial charge < -0.3 is 15.4 Å². The normalized spacial score (nSPS) is 12.0. The number of fused-ring (bicyclic) bond motifs is 1. The Balaban J connectivity index is 1.84. The zero-order valence-corrected chi connectivity index (χ0v) is 21.1. The van der Waals surface area contributed by atoms with Crippen molar-refractivity contribution >= 4 is 11.4 Å². The van der Waals surface area contributed by atoms with E-state index in [1.54, 1.807) is 35.9 Å². The van der Waals surface area contributed by atoms with Gasteiger partial charge in [-0.3, -0.25) is 9.36 Å². The van der Waals surface area contributed by atoms with E-state index in [2.05, 4.69) is 5.10 Å². The Morgan fingerprint density at radius 3 is 2.47 bits per heavy atom. The molecule has 1 unspecified atom stereocenters.